The molecule has 0 spiro atoms. The number of fused-ring (bicyclic) bond motifs is 2. The molecule has 92 valence electrons. The van der Waals surface area contributed by atoms with Gasteiger partial charge in [0.1, 0.15) is 0 Å². The molecular formula is C13H23NO2. The Balaban J connectivity index is 2.12. The lowest BCUT2D eigenvalue weighted by molar-refractivity contribution is -0.228. The number of hydrogen-bond acceptors (Lipinski definition) is 3. The molecule has 3 nitrogen and oxygen atoms in total. The van der Waals surface area contributed by atoms with E-state index < -0.39 is 5.79 Å². The van der Waals surface area contributed by atoms with E-state index in [2.05, 4.69) is 20.8 Å². The first kappa shape index (κ1) is 12.1. The lowest BCUT2D eigenvalue weighted by Gasteiger charge is -2.39. The summed E-state index contributed by atoms with van der Waals surface area (Å²) < 4.78 is 11.6. The summed E-state index contributed by atoms with van der Waals surface area (Å²) in [7, 11) is 0. The molecule has 2 aliphatic rings. The number of rotatable bonds is 3. The highest BCUT2D eigenvalue weighted by atomic mass is 16.7. The van der Waals surface area contributed by atoms with Crippen LogP contribution in [0.15, 0.2) is 0 Å². The number of ether oxygens (including phenoxy) is 2. The molecule has 2 rings (SSSR count). The number of hydrogen-bond donors (Lipinski definition) is 1. The molecule has 0 saturated carbocycles. The van der Waals surface area contributed by atoms with E-state index in [0.717, 1.165) is 18.7 Å². The van der Waals surface area contributed by atoms with Gasteiger partial charge in [0.15, 0.2) is 5.79 Å². The van der Waals surface area contributed by atoms with Crippen LogP contribution in [0.5, 0.6) is 0 Å². The van der Waals surface area contributed by atoms with Gasteiger partial charge in [-0.3, -0.25) is 0 Å². The van der Waals surface area contributed by atoms with Crippen molar-refractivity contribution in [1.82, 2.24) is 0 Å². The van der Waals surface area contributed by atoms with Crippen LogP contribution in [0.4, 0.5) is 0 Å². The molecule has 2 aliphatic heterocycles. The molecule has 0 radical (unpaired) electrons. The third-order valence-corrected chi connectivity index (χ3v) is 4.64. The van der Waals surface area contributed by atoms with E-state index in [1.165, 1.54) is 0 Å². The third-order valence-electron chi connectivity index (χ3n) is 4.64. The van der Waals surface area contributed by atoms with Crippen LogP contribution in [0.2, 0.25) is 0 Å². The van der Waals surface area contributed by atoms with Crippen molar-refractivity contribution in [1.29, 1.82) is 5.41 Å². The fourth-order valence-electron chi connectivity index (χ4n) is 2.85. The zero-order chi connectivity index (χ0) is 11.9. The predicted octanol–water partition coefficient (Wildman–Crippen LogP) is 2.70. The number of nitrogens with one attached hydrogen (secondary N) is 1. The first-order valence-corrected chi connectivity index (χ1v) is 6.35. The van der Waals surface area contributed by atoms with Gasteiger partial charge in [-0.15, -0.1) is 0 Å². The molecule has 5 atom stereocenters. The van der Waals surface area contributed by atoms with Crippen LogP contribution in [-0.4, -0.2) is 24.7 Å². The maximum absolute atomic E-state index is 8.26. The van der Waals surface area contributed by atoms with Gasteiger partial charge in [0, 0.05) is 23.5 Å². The topological polar surface area (TPSA) is 42.3 Å². The normalized spacial score (nSPS) is 44.4. The van der Waals surface area contributed by atoms with Gasteiger partial charge in [0.05, 0.1) is 13.2 Å². The molecule has 16 heavy (non-hydrogen) atoms. The maximum Gasteiger partial charge on any atom is 0.168 e. The van der Waals surface area contributed by atoms with Crippen molar-refractivity contribution < 1.29 is 9.47 Å². The quantitative estimate of drug-likeness (QED) is 0.750. The Hall–Kier alpha value is -0.410. The van der Waals surface area contributed by atoms with Gasteiger partial charge in [-0.1, -0.05) is 20.8 Å². The predicted molar refractivity (Wildman–Crippen MR) is 63.6 cm³/mol. The zero-order valence-corrected chi connectivity index (χ0v) is 10.7. The summed E-state index contributed by atoms with van der Waals surface area (Å²) in [4.78, 5) is 0. The summed E-state index contributed by atoms with van der Waals surface area (Å²) in [5.74, 6) is 1.11. The highest BCUT2D eigenvalue weighted by Gasteiger charge is 2.53. The summed E-state index contributed by atoms with van der Waals surface area (Å²) in [5.41, 5.74) is 0.854. The van der Waals surface area contributed by atoms with Gasteiger partial charge >= 0.3 is 0 Å². The van der Waals surface area contributed by atoms with Crippen molar-refractivity contribution in [2.75, 3.05) is 13.2 Å². The van der Waals surface area contributed by atoms with Gasteiger partial charge in [-0.05, 0) is 19.3 Å². The summed E-state index contributed by atoms with van der Waals surface area (Å²) in [6.07, 6.45) is 1.04. The van der Waals surface area contributed by atoms with E-state index >= 15 is 0 Å². The molecule has 0 aromatic heterocycles. The van der Waals surface area contributed by atoms with Gasteiger partial charge in [0.2, 0.25) is 0 Å². The Labute approximate surface area is 98.0 Å². The SMILES string of the molecule is CC[C@H](C)C(=N)[C@H]1CO[C@]2(C)OC[C@H]1[C@H]2C. The fourth-order valence-corrected chi connectivity index (χ4v) is 2.85. The molecule has 0 aromatic carbocycles. The lowest BCUT2D eigenvalue weighted by Crippen LogP contribution is -2.46. The van der Waals surface area contributed by atoms with Crippen LogP contribution in [0, 0.1) is 29.1 Å². The maximum atomic E-state index is 8.26. The van der Waals surface area contributed by atoms with Crippen molar-refractivity contribution in [3.8, 4) is 0 Å². The largest absolute Gasteiger partial charge is 0.350 e. The second kappa shape index (κ2) is 4.11. The van der Waals surface area contributed by atoms with E-state index in [9.17, 15) is 0 Å². The molecule has 0 aliphatic carbocycles. The molecule has 1 N–H and O–H groups in total. The molecule has 2 heterocycles. The van der Waals surface area contributed by atoms with Crippen molar-refractivity contribution in [3.63, 3.8) is 0 Å². The highest BCUT2D eigenvalue weighted by Crippen LogP contribution is 2.46. The summed E-state index contributed by atoms with van der Waals surface area (Å²) >= 11 is 0. The standard InChI is InChI=1S/C13H23NO2/c1-5-8(2)12(14)11-7-16-13(4)9(3)10(11)6-15-13/h8-11,14H,5-7H2,1-4H3/t8-,9+,10-,11-,13-/m0/s1. The minimum Gasteiger partial charge on any atom is -0.350 e. The van der Waals surface area contributed by atoms with E-state index in [4.69, 9.17) is 14.9 Å². The Bertz CT molecular complexity index is 292. The van der Waals surface area contributed by atoms with Crippen molar-refractivity contribution in [2.45, 2.75) is 39.9 Å². The van der Waals surface area contributed by atoms with E-state index in [1.54, 1.807) is 0 Å². The summed E-state index contributed by atoms with van der Waals surface area (Å²) in [6, 6.07) is 0. The molecule has 2 bridgehead atoms. The summed E-state index contributed by atoms with van der Waals surface area (Å²) in [6.45, 7) is 9.91. The van der Waals surface area contributed by atoms with Crippen LogP contribution >= 0.6 is 0 Å². The molecule has 0 aromatic rings. The van der Waals surface area contributed by atoms with Crippen LogP contribution in [0.1, 0.15) is 34.1 Å². The van der Waals surface area contributed by atoms with Gasteiger partial charge in [-0.2, -0.15) is 0 Å². The fraction of sp³-hybridized carbons (Fsp3) is 0.923. The van der Waals surface area contributed by atoms with Crippen molar-refractivity contribution >= 4 is 5.71 Å². The van der Waals surface area contributed by atoms with Gasteiger partial charge < -0.3 is 14.9 Å². The van der Waals surface area contributed by atoms with Crippen LogP contribution in [0.3, 0.4) is 0 Å². The molecule has 3 heteroatoms. The van der Waals surface area contributed by atoms with Crippen molar-refractivity contribution in [2.24, 2.45) is 23.7 Å². The average molecular weight is 225 g/mol. The van der Waals surface area contributed by atoms with Crippen molar-refractivity contribution in [3.05, 3.63) is 0 Å². The van der Waals surface area contributed by atoms with Crippen LogP contribution in [-0.2, 0) is 9.47 Å². The van der Waals surface area contributed by atoms with Crippen LogP contribution < -0.4 is 0 Å². The van der Waals surface area contributed by atoms with Gasteiger partial charge in [-0.25, -0.2) is 0 Å². The molecule has 2 fully saturated rings. The Kier molecular flexibility index (Phi) is 3.10. The molecule has 0 unspecified atom stereocenters. The third kappa shape index (κ3) is 1.70. The zero-order valence-electron chi connectivity index (χ0n) is 10.7. The van der Waals surface area contributed by atoms with Crippen LogP contribution in [0.25, 0.3) is 0 Å². The second-order valence-electron chi connectivity index (χ2n) is 5.46. The van der Waals surface area contributed by atoms with Gasteiger partial charge in [0.25, 0.3) is 0 Å². The molecule has 2 saturated heterocycles. The van der Waals surface area contributed by atoms with E-state index in [1.807, 2.05) is 6.92 Å². The van der Waals surface area contributed by atoms with E-state index in [-0.39, 0.29) is 5.92 Å². The Morgan fingerprint density at radius 2 is 2.06 bits per heavy atom. The minimum absolute atomic E-state index is 0.264. The highest BCUT2D eigenvalue weighted by molar-refractivity contribution is 5.86. The molecular weight excluding hydrogens is 202 g/mol. The smallest absolute Gasteiger partial charge is 0.168 e. The second-order valence-corrected chi connectivity index (χ2v) is 5.46. The lowest BCUT2D eigenvalue weighted by atomic mass is 9.74. The first-order chi connectivity index (χ1) is 7.49. The van der Waals surface area contributed by atoms with E-state index in [0.29, 0.717) is 24.4 Å². The Morgan fingerprint density at radius 3 is 2.69 bits per heavy atom. The minimum atomic E-state index is -0.392. The first-order valence-electron chi connectivity index (χ1n) is 6.35. The molecule has 0 amide bonds. The monoisotopic (exact) mass is 225 g/mol. The Morgan fingerprint density at radius 1 is 1.44 bits per heavy atom. The summed E-state index contributed by atoms with van der Waals surface area (Å²) in [5, 5.41) is 8.26. The average Bonchev–Trinajstić information content (AvgIpc) is 2.49.